The molecule has 0 aliphatic heterocycles. The highest BCUT2D eigenvalue weighted by Gasteiger charge is 2.57. The van der Waals surface area contributed by atoms with E-state index in [9.17, 15) is 4.79 Å². The highest BCUT2D eigenvalue weighted by Crippen LogP contribution is 2.61. The number of esters is 1. The molecule has 32 heavy (non-hydrogen) atoms. The molecular formula is C30H54O2. The molecule has 0 aromatic carbocycles. The molecule has 3 rings (SSSR count). The number of rotatable bonds is 12. The fourth-order valence-corrected chi connectivity index (χ4v) is 8.01. The number of carbonyl (C=O) groups excluding carboxylic acids is 1. The summed E-state index contributed by atoms with van der Waals surface area (Å²) in [6.45, 7) is 5.26. The molecule has 186 valence electrons. The molecule has 3 aliphatic carbocycles. The van der Waals surface area contributed by atoms with Gasteiger partial charge in [0.25, 0.3) is 0 Å². The van der Waals surface area contributed by atoms with Crippen LogP contribution in [-0.4, -0.2) is 12.6 Å². The van der Waals surface area contributed by atoms with Crippen molar-refractivity contribution in [1.82, 2.24) is 0 Å². The summed E-state index contributed by atoms with van der Waals surface area (Å²) in [6, 6.07) is 0. The van der Waals surface area contributed by atoms with Crippen LogP contribution in [0.5, 0.6) is 0 Å². The van der Waals surface area contributed by atoms with Crippen molar-refractivity contribution < 1.29 is 9.53 Å². The average molecular weight is 447 g/mol. The normalized spacial score (nSPS) is 29.0. The molecule has 0 aromatic heterocycles. The fourth-order valence-electron chi connectivity index (χ4n) is 8.01. The van der Waals surface area contributed by atoms with Crippen molar-refractivity contribution in [1.29, 1.82) is 0 Å². The molecule has 0 saturated heterocycles. The van der Waals surface area contributed by atoms with Crippen LogP contribution >= 0.6 is 0 Å². The third-order valence-electron chi connectivity index (χ3n) is 9.88. The smallest absolute Gasteiger partial charge is 0.312 e. The summed E-state index contributed by atoms with van der Waals surface area (Å²) in [5, 5.41) is 0. The van der Waals surface area contributed by atoms with Crippen molar-refractivity contribution in [2.24, 2.45) is 22.7 Å². The third-order valence-corrected chi connectivity index (χ3v) is 9.88. The summed E-state index contributed by atoms with van der Waals surface area (Å²) in [5.74, 6) is 2.11. The lowest BCUT2D eigenvalue weighted by atomic mass is 9.49. The van der Waals surface area contributed by atoms with Crippen LogP contribution in [0.4, 0.5) is 0 Å². The van der Waals surface area contributed by atoms with Gasteiger partial charge in [-0.2, -0.15) is 0 Å². The Kier molecular flexibility index (Phi) is 10.9. The number of ether oxygens (including phenoxy) is 1. The molecule has 0 radical (unpaired) electrons. The van der Waals surface area contributed by atoms with E-state index in [0.29, 0.717) is 6.61 Å². The van der Waals surface area contributed by atoms with Gasteiger partial charge < -0.3 is 4.74 Å². The van der Waals surface area contributed by atoms with E-state index in [4.69, 9.17) is 4.74 Å². The highest BCUT2D eigenvalue weighted by atomic mass is 16.5. The van der Waals surface area contributed by atoms with Crippen LogP contribution in [0.25, 0.3) is 0 Å². The number of unbranched alkanes of at least 4 members (excludes halogenated alkanes) is 5. The van der Waals surface area contributed by atoms with Crippen LogP contribution in [0.3, 0.4) is 0 Å². The van der Waals surface area contributed by atoms with Crippen LogP contribution in [-0.2, 0) is 9.53 Å². The van der Waals surface area contributed by atoms with Crippen LogP contribution in [0, 0.1) is 22.7 Å². The van der Waals surface area contributed by atoms with Gasteiger partial charge in [-0.05, 0) is 68.6 Å². The van der Waals surface area contributed by atoms with Crippen molar-refractivity contribution in [2.45, 2.75) is 155 Å². The van der Waals surface area contributed by atoms with E-state index < -0.39 is 0 Å². The van der Waals surface area contributed by atoms with E-state index in [1.165, 1.54) is 122 Å². The molecule has 2 heteroatoms. The maximum atomic E-state index is 13.8. The van der Waals surface area contributed by atoms with E-state index >= 15 is 0 Å². The van der Waals surface area contributed by atoms with E-state index in [0.717, 1.165) is 31.1 Å². The minimum absolute atomic E-state index is 0.180. The van der Waals surface area contributed by atoms with Gasteiger partial charge in [0.15, 0.2) is 0 Å². The molecule has 0 N–H and O–H groups in total. The van der Waals surface area contributed by atoms with Crippen LogP contribution < -0.4 is 0 Å². The van der Waals surface area contributed by atoms with Gasteiger partial charge >= 0.3 is 5.97 Å². The van der Waals surface area contributed by atoms with E-state index in [2.05, 4.69) is 13.8 Å². The predicted molar refractivity (Wildman–Crippen MR) is 136 cm³/mol. The second-order valence-corrected chi connectivity index (χ2v) is 11.8. The topological polar surface area (TPSA) is 26.3 Å². The summed E-state index contributed by atoms with van der Waals surface area (Å²) >= 11 is 0. The zero-order valence-corrected chi connectivity index (χ0v) is 21.7. The molecule has 0 spiro atoms. The Labute approximate surface area is 200 Å². The van der Waals surface area contributed by atoms with Gasteiger partial charge in [0.05, 0.1) is 12.0 Å². The Morgan fingerprint density at radius 3 is 1.94 bits per heavy atom. The minimum atomic E-state index is -0.180. The first-order chi connectivity index (χ1) is 15.7. The van der Waals surface area contributed by atoms with Crippen molar-refractivity contribution in [2.75, 3.05) is 6.61 Å². The summed E-state index contributed by atoms with van der Waals surface area (Å²) in [7, 11) is 0. The third kappa shape index (κ3) is 6.32. The van der Waals surface area contributed by atoms with E-state index in [-0.39, 0.29) is 16.8 Å². The lowest BCUT2D eigenvalue weighted by molar-refractivity contribution is -0.175. The van der Waals surface area contributed by atoms with Crippen molar-refractivity contribution in [3.8, 4) is 0 Å². The summed E-state index contributed by atoms with van der Waals surface area (Å²) in [4.78, 5) is 13.8. The molecule has 2 nitrogen and oxygen atoms in total. The fraction of sp³-hybridized carbons (Fsp3) is 0.967. The van der Waals surface area contributed by atoms with Crippen LogP contribution in [0.1, 0.15) is 155 Å². The monoisotopic (exact) mass is 446 g/mol. The zero-order valence-electron chi connectivity index (χ0n) is 21.7. The summed E-state index contributed by atoms with van der Waals surface area (Å²) in [6.07, 6.45) is 28.5. The first-order valence-electron chi connectivity index (χ1n) is 14.8. The summed E-state index contributed by atoms with van der Waals surface area (Å²) < 4.78 is 6.12. The Balaban J connectivity index is 1.62. The quantitative estimate of drug-likeness (QED) is 0.220. The lowest BCUT2D eigenvalue weighted by Crippen LogP contribution is -2.52. The minimum Gasteiger partial charge on any atom is -0.465 e. The first kappa shape index (κ1) is 26.1. The molecule has 3 fully saturated rings. The zero-order chi connectivity index (χ0) is 22.7. The molecule has 0 atom stereocenters. The van der Waals surface area contributed by atoms with Gasteiger partial charge in [-0.15, -0.1) is 0 Å². The van der Waals surface area contributed by atoms with Crippen LogP contribution in [0.15, 0.2) is 0 Å². The summed E-state index contributed by atoms with van der Waals surface area (Å²) in [5.41, 5.74) is 0.0343. The molecule has 3 aliphatic rings. The van der Waals surface area contributed by atoms with Gasteiger partial charge in [-0.1, -0.05) is 104 Å². The number of hydrogen-bond acceptors (Lipinski definition) is 2. The molecular weight excluding hydrogens is 392 g/mol. The first-order valence-corrected chi connectivity index (χ1v) is 14.8. The Bertz CT molecular complexity index is 519. The SMILES string of the molecule is CCCCCCCCOC(=O)C1([C@]2(CCC)CC[C@H](C3CCCCC3)CC2)CCCCC1. The number of carbonyl (C=O) groups is 1. The van der Waals surface area contributed by atoms with E-state index in [1.807, 2.05) is 0 Å². The van der Waals surface area contributed by atoms with Crippen molar-refractivity contribution in [3.63, 3.8) is 0 Å². The number of hydrogen-bond donors (Lipinski definition) is 0. The molecule has 0 unspecified atom stereocenters. The maximum absolute atomic E-state index is 13.8. The Morgan fingerprint density at radius 1 is 0.688 bits per heavy atom. The molecule has 0 heterocycles. The van der Waals surface area contributed by atoms with Gasteiger partial charge in [0.2, 0.25) is 0 Å². The van der Waals surface area contributed by atoms with Gasteiger partial charge in [-0.25, -0.2) is 0 Å². The Hall–Kier alpha value is -0.530. The van der Waals surface area contributed by atoms with Gasteiger partial charge in [0, 0.05) is 0 Å². The van der Waals surface area contributed by atoms with Crippen molar-refractivity contribution in [3.05, 3.63) is 0 Å². The molecule has 3 saturated carbocycles. The largest absolute Gasteiger partial charge is 0.465 e. The second-order valence-electron chi connectivity index (χ2n) is 11.8. The van der Waals surface area contributed by atoms with Gasteiger partial charge in [-0.3, -0.25) is 4.79 Å². The Morgan fingerprint density at radius 2 is 1.28 bits per heavy atom. The second kappa shape index (κ2) is 13.4. The standard InChI is InChI=1S/C30H54O2/c1-3-5-6-7-8-15-25-32-28(31)30(21-13-10-14-22-30)29(20-4-2)23-18-27(19-24-29)26-16-11-9-12-17-26/h26-27H,3-25H2,1-2H3/t27-,29+. The van der Waals surface area contributed by atoms with E-state index in [1.54, 1.807) is 0 Å². The molecule has 0 aromatic rings. The predicted octanol–water partition coefficient (Wildman–Crippen LogP) is 9.40. The van der Waals surface area contributed by atoms with Crippen molar-refractivity contribution >= 4 is 5.97 Å². The molecule has 0 amide bonds. The molecule has 0 bridgehead atoms. The average Bonchev–Trinajstić information content (AvgIpc) is 2.85. The maximum Gasteiger partial charge on any atom is 0.312 e. The van der Waals surface area contributed by atoms with Crippen LogP contribution in [0.2, 0.25) is 0 Å². The lowest BCUT2D eigenvalue weighted by Gasteiger charge is -2.55. The highest BCUT2D eigenvalue weighted by molar-refractivity contribution is 5.78. The van der Waals surface area contributed by atoms with Gasteiger partial charge in [0.1, 0.15) is 0 Å².